The third-order valence-corrected chi connectivity index (χ3v) is 4.91. The molecule has 0 spiro atoms. The lowest BCUT2D eigenvalue weighted by atomic mass is 9.69. The second-order valence-corrected chi connectivity index (χ2v) is 6.78. The molecule has 2 rings (SSSR count). The van der Waals surface area contributed by atoms with E-state index in [1.165, 1.54) is 0 Å². The van der Waals surface area contributed by atoms with Crippen LogP contribution in [0.5, 0.6) is 0 Å². The van der Waals surface area contributed by atoms with E-state index in [1.54, 1.807) is 18.2 Å². The topological polar surface area (TPSA) is 69.2 Å². The van der Waals surface area contributed by atoms with Gasteiger partial charge in [-0.15, -0.1) is 0 Å². The number of hydrogen-bond donors (Lipinski definition) is 1. The van der Waals surface area contributed by atoms with Crippen LogP contribution < -0.4 is 10.4 Å². The van der Waals surface area contributed by atoms with Crippen LogP contribution in [0.3, 0.4) is 0 Å². The zero-order valence-electron chi connectivity index (χ0n) is 12.2. The lowest BCUT2D eigenvalue weighted by Gasteiger charge is -2.37. The average Bonchev–Trinajstić information content (AvgIpc) is 2.42. The molecule has 4 nitrogen and oxygen atoms in total. The molecule has 1 aromatic rings. The van der Waals surface area contributed by atoms with E-state index in [0.29, 0.717) is 15.7 Å². The van der Waals surface area contributed by atoms with Crippen LogP contribution in [0, 0.1) is 5.41 Å². The van der Waals surface area contributed by atoms with Gasteiger partial charge in [-0.25, -0.2) is 0 Å². The molecule has 0 saturated heterocycles. The van der Waals surface area contributed by atoms with Gasteiger partial charge in [-0.2, -0.15) is 0 Å². The first-order valence-electron chi connectivity index (χ1n) is 7.35. The highest BCUT2D eigenvalue weighted by Gasteiger charge is 2.34. The van der Waals surface area contributed by atoms with Crippen molar-refractivity contribution in [2.24, 2.45) is 5.41 Å². The molecular formula is C16H18Cl2NO3-. The molecule has 0 atom stereocenters. The molecule has 0 aromatic heterocycles. The molecule has 1 amide bonds. The highest BCUT2D eigenvalue weighted by atomic mass is 35.5. The summed E-state index contributed by atoms with van der Waals surface area (Å²) in [6, 6.07) is 4.85. The van der Waals surface area contributed by atoms with E-state index in [9.17, 15) is 14.7 Å². The second kappa shape index (κ2) is 7.34. The Bertz CT molecular complexity index is 569. The maximum atomic E-state index is 12.3. The number of rotatable bonds is 5. The number of halogens is 2. The van der Waals surface area contributed by atoms with Gasteiger partial charge in [-0.3, -0.25) is 4.79 Å². The molecule has 22 heavy (non-hydrogen) atoms. The largest absolute Gasteiger partial charge is 0.550 e. The van der Waals surface area contributed by atoms with Crippen molar-refractivity contribution in [3.8, 4) is 0 Å². The smallest absolute Gasteiger partial charge is 0.224 e. The number of hydrogen-bond acceptors (Lipinski definition) is 3. The maximum Gasteiger partial charge on any atom is 0.224 e. The molecule has 1 aliphatic rings. The summed E-state index contributed by atoms with van der Waals surface area (Å²) < 4.78 is 0. The van der Waals surface area contributed by atoms with E-state index >= 15 is 0 Å². The first-order chi connectivity index (χ1) is 10.4. The highest BCUT2D eigenvalue weighted by molar-refractivity contribution is 6.42. The molecule has 0 heterocycles. The zero-order chi connectivity index (χ0) is 16.2. The van der Waals surface area contributed by atoms with E-state index in [-0.39, 0.29) is 18.7 Å². The van der Waals surface area contributed by atoms with Gasteiger partial charge >= 0.3 is 0 Å². The lowest BCUT2D eigenvalue weighted by molar-refractivity contribution is -0.308. The van der Waals surface area contributed by atoms with Gasteiger partial charge in [0.15, 0.2) is 0 Å². The normalized spacial score (nSPS) is 17.0. The van der Waals surface area contributed by atoms with Crippen LogP contribution >= 0.6 is 23.2 Å². The summed E-state index contributed by atoms with van der Waals surface area (Å²) in [5.41, 5.74) is 0.0657. The molecular weight excluding hydrogens is 325 g/mol. The van der Waals surface area contributed by atoms with E-state index in [1.807, 2.05) is 0 Å². The highest BCUT2D eigenvalue weighted by Crippen LogP contribution is 2.42. The molecule has 0 aliphatic heterocycles. The van der Waals surface area contributed by atoms with E-state index in [0.717, 1.165) is 32.1 Å². The Morgan fingerprint density at radius 3 is 2.36 bits per heavy atom. The lowest BCUT2D eigenvalue weighted by Crippen LogP contribution is -2.36. The average molecular weight is 343 g/mol. The number of benzene rings is 1. The van der Waals surface area contributed by atoms with Gasteiger partial charge in [0.2, 0.25) is 5.91 Å². The van der Waals surface area contributed by atoms with E-state index < -0.39 is 11.4 Å². The summed E-state index contributed by atoms with van der Waals surface area (Å²) in [6.45, 7) is 0. The first kappa shape index (κ1) is 17.1. The van der Waals surface area contributed by atoms with Gasteiger partial charge in [0, 0.05) is 18.1 Å². The molecule has 120 valence electrons. The minimum Gasteiger partial charge on any atom is -0.550 e. The van der Waals surface area contributed by atoms with E-state index in [2.05, 4.69) is 5.32 Å². The molecule has 1 aliphatic carbocycles. The predicted molar refractivity (Wildman–Crippen MR) is 84.9 cm³/mol. The first-order valence-corrected chi connectivity index (χ1v) is 8.11. The zero-order valence-corrected chi connectivity index (χ0v) is 13.7. The van der Waals surface area contributed by atoms with Crippen LogP contribution in [0.4, 0.5) is 5.69 Å². The number of carbonyl (C=O) groups excluding carboxylic acids is 2. The minimum absolute atomic E-state index is 0.0677. The molecule has 1 aromatic carbocycles. The molecule has 0 radical (unpaired) electrons. The van der Waals surface area contributed by atoms with Crippen LogP contribution in [-0.4, -0.2) is 11.9 Å². The summed E-state index contributed by atoms with van der Waals surface area (Å²) in [7, 11) is 0. The summed E-state index contributed by atoms with van der Waals surface area (Å²) in [4.78, 5) is 23.3. The standard InChI is InChI=1S/C16H19Cl2NO3/c17-12-5-4-11(8-13(12)18)19-14(20)9-16(10-15(21)22)6-2-1-3-7-16/h4-5,8H,1-3,6-7,9-10H2,(H,19,20)(H,21,22)/p-1. The van der Waals surface area contributed by atoms with Crippen LogP contribution in [0.2, 0.25) is 10.0 Å². The van der Waals surface area contributed by atoms with Crippen LogP contribution in [-0.2, 0) is 9.59 Å². The SMILES string of the molecule is O=C([O-])CC1(CC(=O)Nc2ccc(Cl)c(Cl)c2)CCCCC1. The number of amides is 1. The molecule has 1 saturated carbocycles. The van der Waals surface area contributed by atoms with Gasteiger partial charge in [0.1, 0.15) is 0 Å². The van der Waals surface area contributed by atoms with Crippen LogP contribution in [0.15, 0.2) is 18.2 Å². The Labute approximate surface area is 139 Å². The van der Waals surface area contributed by atoms with Crippen molar-refractivity contribution >= 4 is 40.8 Å². The van der Waals surface area contributed by atoms with Crippen molar-refractivity contribution in [1.29, 1.82) is 0 Å². The Kier molecular flexibility index (Phi) is 5.70. The van der Waals surface area contributed by atoms with Gasteiger partial charge in [-0.05, 0) is 42.9 Å². The number of carbonyl (C=O) groups is 2. The Morgan fingerprint density at radius 2 is 1.77 bits per heavy atom. The molecule has 0 bridgehead atoms. The fourth-order valence-corrected chi connectivity index (χ4v) is 3.44. The fourth-order valence-electron chi connectivity index (χ4n) is 3.14. The van der Waals surface area contributed by atoms with Crippen molar-refractivity contribution in [2.75, 3.05) is 5.32 Å². The molecule has 6 heteroatoms. The number of nitrogens with one attached hydrogen (secondary N) is 1. The maximum absolute atomic E-state index is 12.3. The van der Waals surface area contributed by atoms with Crippen molar-refractivity contribution in [3.63, 3.8) is 0 Å². The van der Waals surface area contributed by atoms with Gasteiger partial charge in [0.05, 0.1) is 10.0 Å². The van der Waals surface area contributed by atoms with Crippen LogP contribution in [0.25, 0.3) is 0 Å². The fraction of sp³-hybridized carbons (Fsp3) is 0.500. The van der Waals surface area contributed by atoms with Crippen molar-refractivity contribution in [3.05, 3.63) is 28.2 Å². The number of carboxylic acids is 1. The van der Waals surface area contributed by atoms with Gasteiger partial charge < -0.3 is 15.2 Å². The quantitative estimate of drug-likeness (QED) is 0.891. The third-order valence-electron chi connectivity index (χ3n) is 4.17. The van der Waals surface area contributed by atoms with Crippen molar-refractivity contribution in [2.45, 2.75) is 44.9 Å². The molecule has 1 fully saturated rings. The second-order valence-electron chi connectivity index (χ2n) is 5.96. The Morgan fingerprint density at radius 1 is 1.09 bits per heavy atom. The minimum atomic E-state index is -1.09. The predicted octanol–water partition coefficient (Wildman–Crippen LogP) is 3.41. The van der Waals surface area contributed by atoms with Crippen molar-refractivity contribution < 1.29 is 14.7 Å². The van der Waals surface area contributed by atoms with E-state index in [4.69, 9.17) is 23.2 Å². The summed E-state index contributed by atoms with van der Waals surface area (Å²) >= 11 is 11.8. The summed E-state index contributed by atoms with van der Waals surface area (Å²) in [6.07, 6.45) is 4.60. The summed E-state index contributed by atoms with van der Waals surface area (Å²) in [5, 5.41) is 14.6. The van der Waals surface area contributed by atoms with Gasteiger partial charge in [0.25, 0.3) is 0 Å². The Balaban J connectivity index is 2.04. The van der Waals surface area contributed by atoms with Crippen LogP contribution in [0.1, 0.15) is 44.9 Å². The summed E-state index contributed by atoms with van der Waals surface area (Å²) in [5.74, 6) is -1.30. The van der Waals surface area contributed by atoms with Crippen molar-refractivity contribution in [1.82, 2.24) is 0 Å². The number of carboxylic acid groups (broad SMARTS) is 1. The molecule has 1 N–H and O–H groups in total. The number of anilines is 1. The van der Waals surface area contributed by atoms with Gasteiger partial charge in [-0.1, -0.05) is 42.5 Å². The number of aliphatic carboxylic acids is 1. The monoisotopic (exact) mass is 342 g/mol. The third kappa shape index (κ3) is 4.62. The molecule has 0 unspecified atom stereocenters. The Hall–Kier alpha value is -1.26.